The molecule has 0 amide bonds. The molecule has 0 aromatic carbocycles. The van der Waals surface area contributed by atoms with Gasteiger partial charge in [0.15, 0.2) is 0 Å². The maximum absolute atomic E-state index is 5.37. The number of morpholine rings is 1. The first-order chi connectivity index (χ1) is 11.7. The molecule has 3 heterocycles. The van der Waals surface area contributed by atoms with Crippen LogP contribution in [0.4, 0.5) is 5.82 Å². The molecule has 2 aromatic rings. The molecular weight excluding hydrogens is 370 g/mol. The average Bonchev–Trinajstić information content (AvgIpc) is 2.59. The summed E-state index contributed by atoms with van der Waals surface area (Å²) >= 11 is 3.45. The van der Waals surface area contributed by atoms with Crippen molar-refractivity contribution in [2.75, 3.05) is 44.7 Å². The lowest BCUT2D eigenvalue weighted by atomic mass is 10.2. The summed E-state index contributed by atoms with van der Waals surface area (Å²) in [5, 5.41) is 3.41. The van der Waals surface area contributed by atoms with Gasteiger partial charge in [0.2, 0.25) is 0 Å². The van der Waals surface area contributed by atoms with E-state index in [0.717, 1.165) is 73.2 Å². The number of nitrogens with zero attached hydrogens (tertiary/aromatic N) is 4. The summed E-state index contributed by atoms with van der Waals surface area (Å²) in [6.45, 7) is 7.66. The van der Waals surface area contributed by atoms with Crippen molar-refractivity contribution in [1.29, 1.82) is 0 Å². The summed E-state index contributed by atoms with van der Waals surface area (Å²) in [6, 6.07) is 3.99. The van der Waals surface area contributed by atoms with Crippen LogP contribution in [0.1, 0.15) is 12.2 Å². The lowest BCUT2D eigenvalue weighted by molar-refractivity contribution is 0.0378. The van der Waals surface area contributed by atoms with Crippen molar-refractivity contribution in [1.82, 2.24) is 19.9 Å². The molecule has 2 aromatic heterocycles. The third kappa shape index (κ3) is 4.96. The van der Waals surface area contributed by atoms with E-state index >= 15 is 0 Å². The lowest BCUT2D eigenvalue weighted by Gasteiger charge is -2.26. The number of rotatable bonds is 6. The number of aryl methyl sites for hydroxylation is 1. The summed E-state index contributed by atoms with van der Waals surface area (Å²) < 4.78 is 6.31. The van der Waals surface area contributed by atoms with E-state index in [1.807, 2.05) is 25.3 Å². The van der Waals surface area contributed by atoms with Gasteiger partial charge in [0, 0.05) is 48.1 Å². The molecule has 0 aliphatic carbocycles. The van der Waals surface area contributed by atoms with Gasteiger partial charge in [-0.3, -0.25) is 9.88 Å². The molecule has 1 saturated heterocycles. The van der Waals surface area contributed by atoms with Crippen molar-refractivity contribution in [2.45, 2.75) is 13.3 Å². The Labute approximate surface area is 150 Å². The fourth-order valence-electron chi connectivity index (χ4n) is 2.70. The Bertz CT molecular complexity index is 676. The highest BCUT2D eigenvalue weighted by Crippen LogP contribution is 2.22. The molecule has 0 atom stereocenters. The van der Waals surface area contributed by atoms with Gasteiger partial charge in [0.1, 0.15) is 11.6 Å². The average molecular weight is 392 g/mol. The van der Waals surface area contributed by atoms with E-state index in [4.69, 9.17) is 4.74 Å². The zero-order valence-corrected chi connectivity index (χ0v) is 15.4. The van der Waals surface area contributed by atoms with E-state index in [-0.39, 0.29) is 0 Å². The molecule has 3 rings (SSSR count). The van der Waals surface area contributed by atoms with Gasteiger partial charge in [0.05, 0.1) is 18.9 Å². The van der Waals surface area contributed by atoms with Crippen LogP contribution in [0.25, 0.3) is 11.3 Å². The fourth-order valence-corrected chi connectivity index (χ4v) is 3.07. The summed E-state index contributed by atoms with van der Waals surface area (Å²) in [4.78, 5) is 15.6. The largest absolute Gasteiger partial charge is 0.379 e. The number of pyridine rings is 1. The molecule has 1 fully saturated rings. The molecule has 0 radical (unpaired) electrons. The topological polar surface area (TPSA) is 63.2 Å². The monoisotopic (exact) mass is 391 g/mol. The Hall–Kier alpha value is -1.57. The third-order valence-electron chi connectivity index (χ3n) is 3.90. The zero-order chi connectivity index (χ0) is 16.8. The maximum atomic E-state index is 5.37. The second-order valence-electron chi connectivity index (χ2n) is 5.81. The zero-order valence-electron chi connectivity index (χ0n) is 13.8. The fraction of sp³-hybridized carbons (Fsp3) is 0.471. The Morgan fingerprint density at radius 3 is 2.83 bits per heavy atom. The second kappa shape index (κ2) is 8.50. The third-order valence-corrected chi connectivity index (χ3v) is 4.33. The van der Waals surface area contributed by atoms with Crippen molar-refractivity contribution in [3.05, 3.63) is 34.8 Å². The number of aromatic nitrogens is 3. The molecule has 0 unspecified atom stereocenters. The van der Waals surface area contributed by atoms with Crippen LogP contribution in [-0.2, 0) is 4.74 Å². The molecule has 24 heavy (non-hydrogen) atoms. The van der Waals surface area contributed by atoms with Gasteiger partial charge >= 0.3 is 0 Å². The van der Waals surface area contributed by atoms with Crippen molar-refractivity contribution in [3.63, 3.8) is 0 Å². The standard InChI is InChI=1S/C17H22BrN5O/c1-13-21-16(14-9-15(18)12-19-11-14)10-17(22-13)20-3-2-4-23-5-7-24-8-6-23/h9-12H,2-8H2,1H3,(H,20,21,22). The Morgan fingerprint density at radius 1 is 1.21 bits per heavy atom. The van der Waals surface area contributed by atoms with Crippen LogP contribution in [0.2, 0.25) is 0 Å². The molecular formula is C17H22BrN5O. The van der Waals surface area contributed by atoms with Crippen molar-refractivity contribution < 1.29 is 4.74 Å². The van der Waals surface area contributed by atoms with Crippen LogP contribution in [0, 0.1) is 6.92 Å². The number of ether oxygens (including phenoxy) is 1. The first-order valence-electron chi connectivity index (χ1n) is 8.21. The highest BCUT2D eigenvalue weighted by molar-refractivity contribution is 9.10. The van der Waals surface area contributed by atoms with E-state index in [1.54, 1.807) is 6.20 Å². The minimum Gasteiger partial charge on any atom is -0.379 e. The van der Waals surface area contributed by atoms with E-state index < -0.39 is 0 Å². The molecule has 1 aliphatic heterocycles. The number of nitrogens with one attached hydrogen (secondary N) is 1. The Balaban J connectivity index is 1.57. The van der Waals surface area contributed by atoms with Gasteiger partial charge in [0.25, 0.3) is 0 Å². The summed E-state index contributed by atoms with van der Waals surface area (Å²) in [5.41, 5.74) is 1.86. The van der Waals surface area contributed by atoms with Crippen LogP contribution in [0.5, 0.6) is 0 Å². The molecule has 0 spiro atoms. The van der Waals surface area contributed by atoms with Gasteiger partial charge < -0.3 is 10.1 Å². The summed E-state index contributed by atoms with van der Waals surface area (Å²) in [5.74, 6) is 1.61. The van der Waals surface area contributed by atoms with Gasteiger partial charge in [-0.25, -0.2) is 9.97 Å². The van der Waals surface area contributed by atoms with E-state index in [0.29, 0.717) is 0 Å². The van der Waals surface area contributed by atoms with E-state index in [2.05, 4.69) is 41.1 Å². The Kier molecular flexibility index (Phi) is 6.12. The smallest absolute Gasteiger partial charge is 0.130 e. The van der Waals surface area contributed by atoms with Crippen molar-refractivity contribution in [3.8, 4) is 11.3 Å². The number of hydrogen-bond acceptors (Lipinski definition) is 6. The van der Waals surface area contributed by atoms with Crippen molar-refractivity contribution >= 4 is 21.7 Å². The number of halogens is 1. The Morgan fingerprint density at radius 2 is 2.04 bits per heavy atom. The minimum absolute atomic E-state index is 0.753. The van der Waals surface area contributed by atoms with Crippen molar-refractivity contribution in [2.24, 2.45) is 0 Å². The van der Waals surface area contributed by atoms with Gasteiger partial charge in [-0.2, -0.15) is 0 Å². The molecule has 128 valence electrons. The number of anilines is 1. The van der Waals surface area contributed by atoms with Gasteiger partial charge in [-0.15, -0.1) is 0 Å². The molecule has 6 nitrogen and oxygen atoms in total. The second-order valence-corrected chi connectivity index (χ2v) is 6.73. The molecule has 0 saturated carbocycles. The molecule has 1 N–H and O–H groups in total. The minimum atomic E-state index is 0.753. The first-order valence-corrected chi connectivity index (χ1v) is 9.00. The van der Waals surface area contributed by atoms with E-state index in [1.165, 1.54) is 0 Å². The van der Waals surface area contributed by atoms with Crippen LogP contribution in [0.15, 0.2) is 29.0 Å². The summed E-state index contributed by atoms with van der Waals surface area (Å²) in [6.07, 6.45) is 4.66. The van der Waals surface area contributed by atoms with Crippen LogP contribution in [-0.4, -0.2) is 59.2 Å². The predicted molar refractivity (Wildman–Crippen MR) is 98.1 cm³/mol. The predicted octanol–water partition coefficient (Wildman–Crippen LogP) is 2.74. The maximum Gasteiger partial charge on any atom is 0.130 e. The van der Waals surface area contributed by atoms with E-state index in [9.17, 15) is 0 Å². The molecule has 0 bridgehead atoms. The van der Waals surface area contributed by atoms with Crippen LogP contribution in [0.3, 0.4) is 0 Å². The highest BCUT2D eigenvalue weighted by atomic mass is 79.9. The molecule has 7 heteroatoms. The normalized spacial score (nSPS) is 15.4. The highest BCUT2D eigenvalue weighted by Gasteiger charge is 2.09. The SMILES string of the molecule is Cc1nc(NCCCN2CCOCC2)cc(-c2cncc(Br)c2)n1. The first kappa shape index (κ1) is 17.3. The molecule has 1 aliphatic rings. The lowest BCUT2D eigenvalue weighted by Crippen LogP contribution is -2.37. The van der Waals surface area contributed by atoms with Crippen LogP contribution >= 0.6 is 15.9 Å². The van der Waals surface area contributed by atoms with Crippen LogP contribution < -0.4 is 5.32 Å². The van der Waals surface area contributed by atoms with Gasteiger partial charge in [-0.1, -0.05) is 0 Å². The number of hydrogen-bond donors (Lipinski definition) is 1. The quantitative estimate of drug-likeness (QED) is 0.763. The van der Waals surface area contributed by atoms with Gasteiger partial charge in [-0.05, 0) is 41.9 Å². The summed E-state index contributed by atoms with van der Waals surface area (Å²) in [7, 11) is 0.